The summed E-state index contributed by atoms with van der Waals surface area (Å²) in [6.07, 6.45) is 3.85. The fourth-order valence-corrected chi connectivity index (χ4v) is 3.22. The van der Waals surface area contributed by atoms with Gasteiger partial charge in [-0.25, -0.2) is 4.98 Å². The molecule has 1 aliphatic heterocycles. The van der Waals surface area contributed by atoms with Crippen LogP contribution in [-0.2, 0) is 0 Å². The largest absolute Gasteiger partial charge is 0.306 e. The lowest BCUT2D eigenvalue weighted by molar-refractivity contribution is 0.340. The number of thiazole rings is 1. The van der Waals surface area contributed by atoms with Crippen LogP contribution in [0.5, 0.6) is 0 Å². The molecule has 1 fully saturated rings. The lowest BCUT2D eigenvalue weighted by Gasteiger charge is -2.20. The summed E-state index contributed by atoms with van der Waals surface area (Å²) in [4.78, 5) is 6.99. The van der Waals surface area contributed by atoms with Crippen molar-refractivity contribution in [3.63, 3.8) is 0 Å². The predicted octanol–water partition coefficient (Wildman–Crippen LogP) is 2.59. The summed E-state index contributed by atoms with van der Waals surface area (Å²) < 4.78 is 0. The minimum Gasteiger partial charge on any atom is -0.306 e. The zero-order valence-electron chi connectivity index (χ0n) is 11.1. The third-order valence-corrected chi connectivity index (χ3v) is 4.59. The van der Waals surface area contributed by atoms with Crippen LogP contribution >= 0.6 is 11.3 Å². The average molecular weight is 253 g/mol. The van der Waals surface area contributed by atoms with Crippen LogP contribution in [0.15, 0.2) is 5.38 Å². The maximum atomic E-state index is 4.56. The molecule has 0 bridgehead atoms. The molecular weight excluding hydrogens is 230 g/mol. The first-order valence-electron chi connectivity index (χ1n) is 6.52. The second kappa shape index (κ2) is 5.94. The third-order valence-electron chi connectivity index (χ3n) is 3.44. The van der Waals surface area contributed by atoms with Crippen LogP contribution in [0, 0.1) is 6.92 Å². The molecule has 2 atom stereocenters. The van der Waals surface area contributed by atoms with E-state index in [0.29, 0.717) is 12.1 Å². The molecule has 0 amide bonds. The van der Waals surface area contributed by atoms with E-state index in [4.69, 9.17) is 0 Å². The Labute approximate surface area is 108 Å². The van der Waals surface area contributed by atoms with Crippen LogP contribution in [0.2, 0.25) is 0 Å². The molecule has 1 N–H and O–H groups in total. The Morgan fingerprint density at radius 3 is 3.00 bits per heavy atom. The maximum absolute atomic E-state index is 4.56. The summed E-state index contributed by atoms with van der Waals surface area (Å²) >= 11 is 1.77. The highest BCUT2D eigenvalue weighted by Crippen LogP contribution is 2.20. The Kier molecular flexibility index (Phi) is 4.54. The van der Waals surface area contributed by atoms with Gasteiger partial charge in [-0.1, -0.05) is 0 Å². The van der Waals surface area contributed by atoms with Gasteiger partial charge in [0.25, 0.3) is 0 Å². The zero-order chi connectivity index (χ0) is 12.3. The molecule has 0 saturated carbocycles. The molecule has 0 spiro atoms. The van der Waals surface area contributed by atoms with Crippen LogP contribution in [0.1, 0.15) is 42.9 Å². The summed E-state index contributed by atoms with van der Waals surface area (Å²) in [5, 5.41) is 7.09. The SMILES string of the molecule is Cc1csc(C(C)NC2CCCN(C)CC2)n1. The molecule has 4 heteroatoms. The summed E-state index contributed by atoms with van der Waals surface area (Å²) in [7, 11) is 2.22. The number of rotatable bonds is 3. The minimum atomic E-state index is 0.391. The molecule has 2 heterocycles. The Bertz CT molecular complexity index is 350. The van der Waals surface area contributed by atoms with Crippen molar-refractivity contribution < 1.29 is 0 Å². The maximum Gasteiger partial charge on any atom is 0.110 e. The fraction of sp³-hybridized carbons (Fsp3) is 0.769. The molecule has 0 aliphatic carbocycles. The van der Waals surface area contributed by atoms with Crippen molar-refractivity contribution in [3.8, 4) is 0 Å². The van der Waals surface area contributed by atoms with Crippen LogP contribution in [0.3, 0.4) is 0 Å². The van der Waals surface area contributed by atoms with Gasteiger partial charge in [0.15, 0.2) is 0 Å². The van der Waals surface area contributed by atoms with Crippen LogP contribution < -0.4 is 5.32 Å². The number of hydrogen-bond acceptors (Lipinski definition) is 4. The van der Waals surface area contributed by atoms with E-state index in [1.54, 1.807) is 11.3 Å². The second-order valence-corrected chi connectivity index (χ2v) is 6.04. The highest BCUT2D eigenvalue weighted by molar-refractivity contribution is 7.09. The van der Waals surface area contributed by atoms with E-state index in [2.05, 4.69) is 41.5 Å². The first-order chi connectivity index (χ1) is 8.15. The normalized spacial score (nSPS) is 24.5. The molecule has 1 aromatic rings. The molecule has 1 saturated heterocycles. The van der Waals surface area contributed by atoms with E-state index in [9.17, 15) is 0 Å². The van der Waals surface area contributed by atoms with Crippen molar-refractivity contribution in [2.24, 2.45) is 0 Å². The van der Waals surface area contributed by atoms with Gasteiger partial charge in [0.1, 0.15) is 5.01 Å². The second-order valence-electron chi connectivity index (χ2n) is 5.15. The summed E-state index contributed by atoms with van der Waals surface area (Å²) in [5.41, 5.74) is 1.14. The van der Waals surface area contributed by atoms with Gasteiger partial charge in [-0.3, -0.25) is 0 Å². The molecule has 1 aromatic heterocycles. The summed E-state index contributed by atoms with van der Waals surface area (Å²) in [6, 6.07) is 1.04. The van der Waals surface area contributed by atoms with Crippen LogP contribution in [0.25, 0.3) is 0 Å². The predicted molar refractivity (Wildman–Crippen MR) is 73.5 cm³/mol. The van der Waals surface area contributed by atoms with Gasteiger partial charge in [0.05, 0.1) is 6.04 Å². The van der Waals surface area contributed by atoms with Crippen molar-refractivity contribution >= 4 is 11.3 Å². The highest BCUT2D eigenvalue weighted by Gasteiger charge is 2.18. The quantitative estimate of drug-likeness (QED) is 0.897. The van der Waals surface area contributed by atoms with Gasteiger partial charge in [0, 0.05) is 17.1 Å². The minimum absolute atomic E-state index is 0.391. The number of nitrogens with one attached hydrogen (secondary N) is 1. The smallest absolute Gasteiger partial charge is 0.110 e. The fourth-order valence-electron chi connectivity index (χ4n) is 2.40. The van der Waals surface area contributed by atoms with Crippen molar-refractivity contribution in [2.45, 2.75) is 45.2 Å². The Hall–Kier alpha value is -0.450. The lowest BCUT2D eigenvalue weighted by Crippen LogP contribution is -2.32. The molecule has 3 nitrogen and oxygen atoms in total. The summed E-state index contributed by atoms with van der Waals surface area (Å²) in [6.45, 7) is 6.74. The Balaban J connectivity index is 1.87. The van der Waals surface area contributed by atoms with Crippen molar-refractivity contribution in [2.75, 3.05) is 20.1 Å². The van der Waals surface area contributed by atoms with Gasteiger partial charge in [-0.2, -0.15) is 0 Å². The number of likely N-dealkylation sites (tertiary alicyclic amines) is 1. The van der Waals surface area contributed by atoms with Crippen LogP contribution in [0.4, 0.5) is 0 Å². The molecule has 0 radical (unpaired) electrons. The molecule has 0 aromatic carbocycles. The number of hydrogen-bond donors (Lipinski definition) is 1. The van der Waals surface area contributed by atoms with E-state index in [0.717, 1.165) is 5.69 Å². The molecule has 2 rings (SSSR count). The van der Waals surface area contributed by atoms with E-state index in [-0.39, 0.29) is 0 Å². The standard InChI is InChI=1S/C13H23N3S/c1-10-9-17-13(14-10)11(2)15-12-5-4-7-16(3)8-6-12/h9,11-12,15H,4-8H2,1-3H3. The van der Waals surface area contributed by atoms with Crippen molar-refractivity contribution in [1.82, 2.24) is 15.2 Å². The van der Waals surface area contributed by atoms with E-state index >= 15 is 0 Å². The zero-order valence-corrected chi connectivity index (χ0v) is 11.9. The molecule has 1 aliphatic rings. The monoisotopic (exact) mass is 253 g/mol. The first kappa shape index (κ1) is 13.0. The number of aromatic nitrogens is 1. The van der Waals surface area contributed by atoms with Gasteiger partial charge in [0.2, 0.25) is 0 Å². The van der Waals surface area contributed by atoms with Gasteiger partial charge in [-0.05, 0) is 53.2 Å². The molecule has 2 unspecified atom stereocenters. The molecule has 17 heavy (non-hydrogen) atoms. The summed E-state index contributed by atoms with van der Waals surface area (Å²) in [5.74, 6) is 0. The average Bonchev–Trinajstić information content (AvgIpc) is 2.62. The van der Waals surface area contributed by atoms with Gasteiger partial charge >= 0.3 is 0 Å². The van der Waals surface area contributed by atoms with Crippen molar-refractivity contribution in [1.29, 1.82) is 0 Å². The number of aryl methyl sites for hydroxylation is 1. The van der Waals surface area contributed by atoms with Gasteiger partial charge < -0.3 is 10.2 Å². The topological polar surface area (TPSA) is 28.2 Å². The molecule has 96 valence electrons. The lowest BCUT2D eigenvalue weighted by atomic mass is 10.1. The van der Waals surface area contributed by atoms with E-state index < -0.39 is 0 Å². The Morgan fingerprint density at radius 1 is 1.47 bits per heavy atom. The highest BCUT2D eigenvalue weighted by atomic mass is 32.1. The Morgan fingerprint density at radius 2 is 2.29 bits per heavy atom. The van der Waals surface area contributed by atoms with Crippen molar-refractivity contribution in [3.05, 3.63) is 16.1 Å². The van der Waals surface area contributed by atoms with E-state index in [1.165, 1.54) is 37.4 Å². The van der Waals surface area contributed by atoms with Gasteiger partial charge in [-0.15, -0.1) is 11.3 Å². The third kappa shape index (κ3) is 3.76. The van der Waals surface area contributed by atoms with E-state index in [1.807, 2.05) is 0 Å². The molecular formula is C13H23N3S. The first-order valence-corrected chi connectivity index (χ1v) is 7.39. The number of nitrogens with zero attached hydrogens (tertiary/aromatic N) is 2. The van der Waals surface area contributed by atoms with Crippen LogP contribution in [-0.4, -0.2) is 36.1 Å².